The van der Waals surface area contributed by atoms with Crippen molar-refractivity contribution in [3.8, 4) is 16.3 Å². The van der Waals surface area contributed by atoms with E-state index in [1.807, 2.05) is 6.07 Å². The molecule has 2 aromatic heterocycles. The van der Waals surface area contributed by atoms with E-state index in [1.165, 1.54) is 6.20 Å². The third-order valence-electron chi connectivity index (χ3n) is 4.34. The van der Waals surface area contributed by atoms with Crippen LogP contribution in [0.5, 0.6) is 5.06 Å². The Morgan fingerprint density at radius 1 is 1.34 bits per heavy atom. The van der Waals surface area contributed by atoms with Gasteiger partial charge in [0.25, 0.3) is 5.91 Å². The molecule has 0 spiro atoms. The lowest BCUT2D eigenvalue weighted by Crippen LogP contribution is -2.21. The zero-order valence-electron chi connectivity index (χ0n) is 15.2. The molecule has 10 heteroatoms. The summed E-state index contributed by atoms with van der Waals surface area (Å²) in [4.78, 5) is 16.9. The monoisotopic (exact) mass is 435 g/mol. The molecule has 1 saturated heterocycles. The fourth-order valence-electron chi connectivity index (χ4n) is 2.94. The summed E-state index contributed by atoms with van der Waals surface area (Å²) in [6.07, 6.45) is 2.44. The number of aromatic nitrogens is 2. The predicted octanol–water partition coefficient (Wildman–Crippen LogP) is 3.34. The lowest BCUT2D eigenvalue weighted by molar-refractivity contribution is 0.102. The van der Waals surface area contributed by atoms with E-state index in [2.05, 4.69) is 20.0 Å². The van der Waals surface area contributed by atoms with Crippen molar-refractivity contribution in [3.63, 3.8) is 0 Å². The molecule has 7 nitrogen and oxygen atoms in total. The van der Waals surface area contributed by atoms with Crippen molar-refractivity contribution >= 4 is 41.2 Å². The van der Waals surface area contributed by atoms with Gasteiger partial charge in [-0.15, -0.1) is 12.4 Å². The average molecular weight is 436 g/mol. The molecule has 0 bridgehead atoms. The number of anilines is 2. The van der Waals surface area contributed by atoms with E-state index in [9.17, 15) is 9.18 Å². The molecule has 1 atom stereocenters. The van der Waals surface area contributed by atoms with Gasteiger partial charge in [0, 0.05) is 29.7 Å². The summed E-state index contributed by atoms with van der Waals surface area (Å²) in [7, 11) is 0. The molecule has 1 aliphatic heterocycles. The van der Waals surface area contributed by atoms with Gasteiger partial charge in [-0.3, -0.25) is 4.79 Å². The van der Waals surface area contributed by atoms with Crippen LogP contribution in [0.4, 0.5) is 15.8 Å². The largest absolute Gasteiger partial charge is 0.477 e. The lowest BCUT2D eigenvalue weighted by Gasteiger charge is -2.13. The lowest BCUT2D eigenvalue weighted by atomic mass is 10.1. The van der Waals surface area contributed by atoms with E-state index in [1.54, 1.807) is 24.3 Å². The van der Waals surface area contributed by atoms with Crippen LogP contribution in [-0.4, -0.2) is 34.5 Å². The van der Waals surface area contributed by atoms with Gasteiger partial charge in [-0.25, -0.2) is 9.37 Å². The Morgan fingerprint density at radius 3 is 2.86 bits per heavy atom. The number of nitrogens with one attached hydrogen (secondary N) is 2. The fraction of sp³-hybridized carbons (Fsp3) is 0.211. The maximum Gasteiger partial charge on any atom is 0.276 e. The highest BCUT2D eigenvalue weighted by Gasteiger charge is 2.22. The van der Waals surface area contributed by atoms with Crippen LogP contribution in [0.15, 0.2) is 42.6 Å². The molecule has 1 unspecified atom stereocenters. The molecule has 0 aliphatic carbocycles. The Balaban J connectivity index is 0.00000240. The number of benzene rings is 1. The Kier molecular flexibility index (Phi) is 6.63. The van der Waals surface area contributed by atoms with Gasteiger partial charge in [0.15, 0.2) is 11.5 Å². The minimum Gasteiger partial charge on any atom is -0.477 e. The molecule has 1 aliphatic rings. The highest BCUT2D eigenvalue weighted by atomic mass is 35.5. The minimum absolute atomic E-state index is 0. The van der Waals surface area contributed by atoms with Crippen molar-refractivity contribution in [2.24, 2.45) is 0 Å². The van der Waals surface area contributed by atoms with E-state index >= 15 is 0 Å². The predicted molar refractivity (Wildman–Crippen MR) is 113 cm³/mol. The first kappa shape index (κ1) is 21.0. The molecule has 3 aromatic rings. The van der Waals surface area contributed by atoms with Crippen LogP contribution >= 0.6 is 23.9 Å². The van der Waals surface area contributed by atoms with Crippen LogP contribution in [0, 0.1) is 5.82 Å². The SMILES string of the molecule is Cl.Nc1cc(F)c(-c2ccccc2)nc1C(=O)Nc1cnsc1OC1CCNC1. The molecule has 1 aromatic carbocycles. The number of nitrogens with two attached hydrogens (primary N) is 1. The normalized spacial score (nSPS) is 15.6. The molecule has 1 amide bonds. The molecule has 0 saturated carbocycles. The van der Waals surface area contributed by atoms with Crippen molar-refractivity contribution in [2.75, 3.05) is 24.1 Å². The third kappa shape index (κ3) is 4.64. The van der Waals surface area contributed by atoms with Crippen LogP contribution in [-0.2, 0) is 0 Å². The second-order valence-corrected chi connectivity index (χ2v) is 7.10. The number of pyridine rings is 1. The maximum atomic E-state index is 14.3. The smallest absolute Gasteiger partial charge is 0.276 e. The summed E-state index contributed by atoms with van der Waals surface area (Å²) >= 11 is 1.15. The van der Waals surface area contributed by atoms with Crippen LogP contribution in [0.25, 0.3) is 11.3 Å². The molecule has 1 fully saturated rings. The van der Waals surface area contributed by atoms with Gasteiger partial charge < -0.3 is 21.1 Å². The topological polar surface area (TPSA) is 102 Å². The van der Waals surface area contributed by atoms with Crippen LogP contribution < -0.4 is 21.1 Å². The maximum absolute atomic E-state index is 14.3. The first-order chi connectivity index (χ1) is 13.6. The third-order valence-corrected chi connectivity index (χ3v) is 5.03. The quantitative estimate of drug-likeness (QED) is 0.568. The van der Waals surface area contributed by atoms with E-state index in [4.69, 9.17) is 10.5 Å². The van der Waals surface area contributed by atoms with E-state index in [0.29, 0.717) is 16.3 Å². The summed E-state index contributed by atoms with van der Waals surface area (Å²) in [5.41, 5.74) is 6.82. The van der Waals surface area contributed by atoms with Gasteiger partial charge >= 0.3 is 0 Å². The highest BCUT2D eigenvalue weighted by Crippen LogP contribution is 2.31. The minimum atomic E-state index is -0.588. The summed E-state index contributed by atoms with van der Waals surface area (Å²) in [5.74, 6) is -1.14. The molecule has 152 valence electrons. The molecule has 0 radical (unpaired) electrons. The highest BCUT2D eigenvalue weighted by molar-refractivity contribution is 7.08. The van der Waals surface area contributed by atoms with Crippen LogP contribution in [0.1, 0.15) is 16.9 Å². The summed E-state index contributed by atoms with van der Waals surface area (Å²) in [6, 6.07) is 9.90. The van der Waals surface area contributed by atoms with Gasteiger partial charge in [-0.05, 0) is 13.0 Å². The average Bonchev–Trinajstić information content (AvgIpc) is 3.35. The Labute approximate surface area is 177 Å². The first-order valence-electron chi connectivity index (χ1n) is 8.76. The van der Waals surface area contributed by atoms with Gasteiger partial charge in [0.05, 0.1) is 11.9 Å². The van der Waals surface area contributed by atoms with E-state index < -0.39 is 11.7 Å². The summed E-state index contributed by atoms with van der Waals surface area (Å²) in [5, 5.41) is 6.45. The van der Waals surface area contributed by atoms with E-state index in [0.717, 1.165) is 37.1 Å². The first-order valence-corrected chi connectivity index (χ1v) is 9.54. The van der Waals surface area contributed by atoms with Crippen molar-refractivity contribution in [1.82, 2.24) is 14.7 Å². The fourth-order valence-corrected chi connectivity index (χ4v) is 3.58. The van der Waals surface area contributed by atoms with Crippen LogP contribution in [0.2, 0.25) is 0 Å². The van der Waals surface area contributed by atoms with Crippen molar-refractivity contribution in [2.45, 2.75) is 12.5 Å². The van der Waals surface area contributed by atoms with Crippen molar-refractivity contribution < 1.29 is 13.9 Å². The molecular weight excluding hydrogens is 417 g/mol. The Morgan fingerprint density at radius 2 is 2.14 bits per heavy atom. The summed E-state index contributed by atoms with van der Waals surface area (Å²) in [6.45, 7) is 1.64. The number of carbonyl (C=O) groups excluding carboxylic acids is 1. The Hall–Kier alpha value is -2.75. The number of amides is 1. The number of nitrogen functional groups attached to an aromatic ring is 1. The number of halogens is 2. The number of hydrogen-bond acceptors (Lipinski definition) is 7. The second kappa shape index (κ2) is 9.17. The summed E-state index contributed by atoms with van der Waals surface area (Å²) < 4.78 is 24.3. The van der Waals surface area contributed by atoms with Crippen molar-refractivity contribution in [3.05, 3.63) is 54.1 Å². The Bertz CT molecular complexity index is 996. The van der Waals surface area contributed by atoms with Gasteiger partial charge in [-0.2, -0.15) is 4.37 Å². The zero-order chi connectivity index (χ0) is 19.5. The van der Waals surface area contributed by atoms with E-state index in [-0.39, 0.29) is 35.6 Å². The molecule has 4 rings (SSSR count). The van der Waals surface area contributed by atoms with Gasteiger partial charge in [0.1, 0.15) is 17.5 Å². The zero-order valence-corrected chi connectivity index (χ0v) is 16.9. The number of hydrogen-bond donors (Lipinski definition) is 3. The number of carbonyl (C=O) groups is 1. The standard InChI is InChI=1S/C19H18FN5O2S.ClH/c20-13-8-14(21)17(25-16(13)11-4-2-1-3-5-11)18(26)24-15-10-23-28-19(15)27-12-6-7-22-9-12;/h1-5,8,10,12,22H,6-7,9,21H2,(H,24,26);1H. The second-order valence-electron chi connectivity index (χ2n) is 6.34. The van der Waals surface area contributed by atoms with Gasteiger partial charge in [-0.1, -0.05) is 30.3 Å². The molecular formula is C19H19ClFN5O2S. The number of ether oxygens (including phenoxy) is 1. The van der Waals surface area contributed by atoms with Gasteiger partial charge in [0.2, 0.25) is 5.06 Å². The number of nitrogens with zero attached hydrogens (tertiary/aromatic N) is 2. The molecule has 3 heterocycles. The van der Waals surface area contributed by atoms with Crippen molar-refractivity contribution in [1.29, 1.82) is 0 Å². The molecule has 4 N–H and O–H groups in total. The molecule has 29 heavy (non-hydrogen) atoms. The van der Waals surface area contributed by atoms with Crippen LogP contribution in [0.3, 0.4) is 0 Å². The number of rotatable bonds is 5.